The van der Waals surface area contributed by atoms with Crippen LogP contribution in [0.15, 0.2) is 29.6 Å². The molecule has 5 heteroatoms. The standard InChI is InChI=1S/C9H5Cl2NOS/c10-6-1-3-7(4-2-6)13-9-12-8(11)5-14-9/h1-5H. The van der Waals surface area contributed by atoms with Crippen molar-refractivity contribution in [3.8, 4) is 10.9 Å². The molecule has 1 aromatic carbocycles. The number of halogens is 2. The van der Waals surface area contributed by atoms with Gasteiger partial charge in [0, 0.05) is 10.4 Å². The highest BCUT2D eigenvalue weighted by Gasteiger charge is 2.01. The van der Waals surface area contributed by atoms with Crippen molar-refractivity contribution in [3.05, 3.63) is 39.8 Å². The Morgan fingerprint density at radius 3 is 2.43 bits per heavy atom. The highest BCUT2D eigenvalue weighted by Crippen LogP contribution is 2.27. The van der Waals surface area contributed by atoms with E-state index < -0.39 is 0 Å². The number of rotatable bonds is 2. The molecule has 72 valence electrons. The van der Waals surface area contributed by atoms with Crippen LogP contribution in [0.5, 0.6) is 10.9 Å². The highest BCUT2D eigenvalue weighted by atomic mass is 35.5. The summed E-state index contributed by atoms with van der Waals surface area (Å²) in [4.78, 5) is 3.96. The summed E-state index contributed by atoms with van der Waals surface area (Å²) >= 11 is 12.7. The van der Waals surface area contributed by atoms with Gasteiger partial charge < -0.3 is 4.74 Å². The van der Waals surface area contributed by atoms with E-state index in [9.17, 15) is 0 Å². The number of aromatic nitrogens is 1. The van der Waals surface area contributed by atoms with Crippen LogP contribution in [0.4, 0.5) is 0 Å². The van der Waals surface area contributed by atoms with Gasteiger partial charge in [-0.15, -0.1) is 0 Å². The summed E-state index contributed by atoms with van der Waals surface area (Å²) in [6.45, 7) is 0. The number of ether oxygens (including phenoxy) is 1. The Morgan fingerprint density at radius 1 is 1.14 bits per heavy atom. The zero-order valence-corrected chi connectivity index (χ0v) is 9.23. The first-order valence-electron chi connectivity index (χ1n) is 3.78. The molecule has 0 saturated heterocycles. The molecule has 2 nitrogen and oxygen atoms in total. The van der Waals surface area contributed by atoms with Gasteiger partial charge in [-0.05, 0) is 24.3 Å². The molecular weight excluding hydrogens is 241 g/mol. The lowest BCUT2D eigenvalue weighted by molar-refractivity contribution is 0.479. The first kappa shape index (κ1) is 9.77. The zero-order chi connectivity index (χ0) is 9.97. The third-order valence-electron chi connectivity index (χ3n) is 1.47. The molecule has 0 atom stereocenters. The molecule has 0 aliphatic carbocycles. The summed E-state index contributed by atoms with van der Waals surface area (Å²) in [6, 6.07) is 7.06. The number of nitrogens with zero attached hydrogens (tertiary/aromatic N) is 1. The van der Waals surface area contributed by atoms with Crippen molar-refractivity contribution < 1.29 is 4.74 Å². The molecule has 0 aliphatic heterocycles. The summed E-state index contributed by atoms with van der Waals surface area (Å²) in [6.07, 6.45) is 0. The van der Waals surface area contributed by atoms with Gasteiger partial charge in [0.05, 0.1) is 0 Å². The van der Waals surface area contributed by atoms with E-state index in [1.54, 1.807) is 29.6 Å². The van der Waals surface area contributed by atoms with Crippen LogP contribution >= 0.6 is 34.5 Å². The van der Waals surface area contributed by atoms with Gasteiger partial charge in [0.2, 0.25) is 0 Å². The fraction of sp³-hybridized carbons (Fsp3) is 0. The van der Waals surface area contributed by atoms with Crippen LogP contribution in [-0.2, 0) is 0 Å². The third-order valence-corrected chi connectivity index (χ3v) is 2.77. The molecule has 2 rings (SSSR count). The number of hydrogen-bond acceptors (Lipinski definition) is 3. The minimum absolute atomic E-state index is 0.443. The molecule has 0 radical (unpaired) electrons. The Morgan fingerprint density at radius 2 is 1.86 bits per heavy atom. The van der Waals surface area contributed by atoms with Gasteiger partial charge in [0.1, 0.15) is 10.9 Å². The van der Waals surface area contributed by atoms with Gasteiger partial charge in [-0.3, -0.25) is 0 Å². The van der Waals surface area contributed by atoms with Crippen LogP contribution in [0.3, 0.4) is 0 Å². The lowest BCUT2D eigenvalue weighted by atomic mass is 10.3. The van der Waals surface area contributed by atoms with Gasteiger partial charge in [-0.25, -0.2) is 0 Å². The zero-order valence-electron chi connectivity index (χ0n) is 6.91. The minimum atomic E-state index is 0.443. The monoisotopic (exact) mass is 245 g/mol. The SMILES string of the molecule is Clc1ccc(Oc2nc(Cl)cs2)cc1. The van der Waals surface area contributed by atoms with Crippen LogP contribution in [-0.4, -0.2) is 4.98 Å². The molecule has 2 aromatic rings. The largest absolute Gasteiger partial charge is 0.431 e. The van der Waals surface area contributed by atoms with Gasteiger partial charge in [-0.2, -0.15) is 4.98 Å². The lowest BCUT2D eigenvalue weighted by Gasteiger charge is -2.00. The molecule has 1 heterocycles. The Hall–Kier alpha value is -0.770. The summed E-state index contributed by atoms with van der Waals surface area (Å²) in [7, 11) is 0. The Balaban J connectivity index is 2.15. The van der Waals surface area contributed by atoms with E-state index in [1.165, 1.54) is 11.3 Å². The summed E-state index contributed by atoms with van der Waals surface area (Å²) < 4.78 is 5.42. The first-order chi connectivity index (χ1) is 6.74. The van der Waals surface area contributed by atoms with E-state index in [2.05, 4.69) is 4.98 Å². The maximum Gasteiger partial charge on any atom is 0.280 e. The average molecular weight is 246 g/mol. The van der Waals surface area contributed by atoms with E-state index >= 15 is 0 Å². The van der Waals surface area contributed by atoms with E-state index in [1.807, 2.05) is 0 Å². The molecule has 0 spiro atoms. The quantitative estimate of drug-likeness (QED) is 0.790. The second kappa shape index (κ2) is 4.17. The smallest absolute Gasteiger partial charge is 0.280 e. The average Bonchev–Trinajstić information content (AvgIpc) is 2.56. The predicted molar refractivity (Wildman–Crippen MR) is 58.7 cm³/mol. The fourth-order valence-electron chi connectivity index (χ4n) is 0.889. The third kappa shape index (κ3) is 2.38. The number of benzene rings is 1. The van der Waals surface area contributed by atoms with Crippen molar-refractivity contribution in [3.63, 3.8) is 0 Å². The second-order valence-electron chi connectivity index (χ2n) is 2.49. The van der Waals surface area contributed by atoms with E-state index in [0.29, 0.717) is 21.1 Å². The van der Waals surface area contributed by atoms with Gasteiger partial charge in [-0.1, -0.05) is 34.5 Å². The molecule has 0 saturated carbocycles. The second-order valence-corrected chi connectivity index (χ2v) is 4.14. The van der Waals surface area contributed by atoms with Gasteiger partial charge in [0.15, 0.2) is 0 Å². The van der Waals surface area contributed by atoms with Crippen molar-refractivity contribution in [2.45, 2.75) is 0 Å². The molecule has 0 bridgehead atoms. The molecule has 0 amide bonds. The Bertz CT molecular complexity index is 427. The molecule has 1 aromatic heterocycles. The molecule has 0 N–H and O–H groups in total. The number of thiazole rings is 1. The van der Waals surface area contributed by atoms with E-state index in [4.69, 9.17) is 27.9 Å². The summed E-state index contributed by atoms with van der Waals surface area (Å²) in [5, 5.41) is 3.36. The van der Waals surface area contributed by atoms with Gasteiger partial charge in [0.25, 0.3) is 5.19 Å². The van der Waals surface area contributed by atoms with Crippen LogP contribution in [0.2, 0.25) is 10.2 Å². The lowest BCUT2D eigenvalue weighted by Crippen LogP contribution is -1.81. The topological polar surface area (TPSA) is 22.1 Å². The summed E-state index contributed by atoms with van der Waals surface area (Å²) in [5.74, 6) is 0.695. The first-order valence-corrected chi connectivity index (χ1v) is 5.42. The highest BCUT2D eigenvalue weighted by molar-refractivity contribution is 7.11. The van der Waals surface area contributed by atoms with Gasteiger partial charge >= 0.3 is 0 Å². The minimum Gasteiger partial charge on any atom is -0.431 e. The maximum absolute atomic E-state index is 5.73. The van der Waals surface area contributed by atoms with Crippen LogP contribution in [0.25, 0.3) is 0 Å². The molecule has 0 fully saturated rings. The molecule has 0 unspecified atom stereocenters. The van der Waals surface area contributed by atoms with Crippen LogP contribution < -0.4 is 4.74 Å². The van der Waals surface area contributed by atoms with Crippen molar-refractivity contribution in [2.75, 3.05) is 0 Å². The molecule has 0 aliphatic rings. The Kier molecular flexibility index (Phi) is 2.91. The molecule has 14 heavy (non-hydrogen) atoms. The van der Waals surface area contributed by atoms with Crippen molar-refractivity contribution in [2.24, 2.45) is 0 Å². The summed E-state index contributed by atoms with van der Waals surface area (Å²) in [5.41, 5.74) is 0. The van der Waals surface area contributed by atoms with E-state index in [-0.39, 0.29) is 0 Å². The molecular formula is C9H5Cl2NOS. The normalized spacial score (nSPS) is 10.1. The predicted octanol–water partition coefficient (Wildman–Crippen LogP) is 4.24. The fourth-order valence-corrected chi connectivity index (χ4v) is 1.82. The van der Waals surface area contributed by atoms with E-state index in [0.717, 1.165) is 0 Å². The van der Waals surface area contributed by atoms with Crippen LogP contribution in [0, 0.1) is 0 Å². The van der Waals surface area contributed by atoms with Crippen molar-refractivity contribution in [1.82, 2.24) is 4.98 Å². The number of hydrogen-bond donors (Lipinski definition) is 0. The van der Waals surface area contributed by atoms with Crippen molar-refractivity contribution in [1.29, 1.82) is 0 Å². The Labute approximate surface area is 95.1 Å². The van der Waals surface area contributed by atoms with Crippen molar-refractivity contribution >= 4 is 34.5 Å². The van der Waals surface area contributed by atoms with Crippen LogP contribution in [0.1, 0.15) is 0 Å². The maximum atomic E-state index is 5.73.